The molecule has 0 heterocycles. The zero-order valence-electron chi connectivity index (χ0n) is 18.6. The van der Waals surface area contributed by atoms with Crippen LogP contribution in [0.1, 0.15) is 47.6 Å². The lowest BCUT2D eigenvalue weighted by Gasteiger charge is -2.29. The molecule has 162 valence electrons. The van der Waals surface area contributed by atoms with Crippen molar-refractivity contribution < 1.29 is 19.1 Å². The number of aryl methyl sites for hydroxylation is 1. The van der Waals surface area contributed by atoms with E-state index >= 15 is 0 Å². The highest BCUT2D eigenvalue weighted by atomic mass is 35.5. The molecule has 0 amide bonds. The fourth-order valence-electron chi connectivity index (χ4n) is 3.29. The average Bonchev–Trinajstić information content (AvgIpc) is 2.73. The van der Waals surface area contributed by atoms with Crippen molar-refractivity contribution in [2.45, 2.75) is 51.0 Å². The highest BCUT2D eigenvalue weighted by molar-refractivity contribution is 8.00. The second kappa shape index (κ2) is 9.88. The number of hydrogen-bond donors (Lipinski definition) is 0. The molecule has 0 spiro atoms. The highest BCUT2D eigenvalue weighted by Crippen LogP contribution is 2.39. The van der Waals surface area contributed by atoms with Gasteiger partial charge in [-0.15, -0.1) is 11.8 Å². The van der Waals surface area contributed by atoms with Gasteiger partial charge in [-0.25, -0.2) is 0 Å². The molecule has 0 fully saturated rings. The van der Waals surface area contributed by atoms with Gasteiger partial charge in [-0.3, -0.25) is 9.59 Å². The highest BCUT2D eigenvalue weighted by Gasteiger charge is 2.41. The number of carbonyl (C=O) groups excluding carboxylic acids is 2. The third kappa shape index (κ3) is 5.19. The molecule has 2 aromatic carbocycles. The second-order valence-electron chi connectivity index (χ2n) is 7.81. The lowest BCUT2D eigenvalue weighted by atomic mass is 9.84. The Kier molecular flexibility index (Phi) is 8.00. The Morgan fingerprint density at radius 2 is 1.67 bits per heavy atom. The van der Waals surface area contributed by atoms with E-state index in [1.165, 1.54) is 18.9 Å². The Hall–Kier alpha value is -1.98. The summed E-state index contributed by atoms with van der Waals surface area (Å²) < 4.78 is 9.37. The molecular weight excluding hydrogens is 420 g/mol. The van der Waals surface area contributed by atoms with Gasteiger partial charge < -0.3 is 9.47 Å². The molecule has 6 heteroatoms. The van der Waals surface area contributed by atoms with Gasteiger partial charge in [-0.1, -0.05) is 23.7 Å². The van der Waals surface area contributed by atoms with E-state index in [4.69, 9.17) is 21.1 Å². The first-order chi connectivity index (χ1) is 14.0. The maximum atomic E-state index is 13.6. The Labute approximate surface area is 188 Å². The number of Topliss-reactive ketones (excluding diaryl/α,β-unsaturated/α-hetero) is 1. The Bertz CT molecular complexity index is 935. The molecule has 1 unspecified atom stereocenters. The van der Waals surface area contributed by atoms with Crippen molar-refractivity contribution in [2.24, 2.45) is 0 Å². The summed E-state index contributed by atoms with van der Waals surface area (Å²) in [7, 11) is 2.92. The predicted molar refractivity (Wildman–Crippen MR) is 124 cm³/mol. The van der Waals surface area contributed by atoms with Gasteiger partial charge in [0.05, 0.1) is 19.0 Å². The van der Waals surface area contributed by atoms with E-state index in [9.17, 15) is 9.59 Å². The monoisotopic (exact) mass is 448 g/mol. The molecule has 1 atom stereocenters. The minimum atomic E-state index is -1.07. The van der Waals surface area contributed by atoms with Crippen LogP contribution in [0.15, 0.2) is 30.3 Å². The Balaban J connectivity index is 2.36. The molecule has 0 aliphatic carbocycles. The van der Waals surface area contributed by atoms with Crippen LogP contribution in [0.2, 0.25) is 5.02 Å². The largest absolute Gasteiger partial charge is 0.497 e. The summed E-state index contributed by atoms with van der Waals surface area (Å²) in [5.74, 6) is -0.478. The molecule has 0 saturated heterocycles. The second-order valence-corrected chi connectivity index (χ2v) is 9.81. The number of thioether (sulfide) groups is 1. The van der Waals surface area contributed by atoms with Crippen molar-refractivity contribution in [3.63, 3.8) is 0 Å². The number of methoxy groups -OCH3 is 2. The zero-order valence-corrected chi connectivity index (χ0v) is 20.2. The molecule has 0 radical (unpaired) electrons. The number of carbonyl (C=O) groups is 2. The molecule has 0 saturated carbocycles. The van der Waals surface area contributed by atoms with Crippen LogP contribution < -0.4 is 4.74 Å². The first kappa shape index (κ1) is 24.3. The summed E-state index contributed by atoms with van der Waals surface area (Å²) in [6.45, 7) is 9.49. The maximum absolute atomic E-state index is 13.6. The Morgan fingerprint density at radius 1 is 1.07 bits per heavy atom. The van der Waals surface area contributed by atoms with Crippen molar-refractivity contribution in [2.75, 3.05) is 14.2 Å². The molecular formula is C24H29ClO4S. The lowest BCUT2D eigenvalue weighted by Crippen LogP contribution is -2.38. The van der Waals surface area contributed by atoms with Gasteiger partial charge in [0.1, 0.15) is 11.7 Å². The summed E-state index contributed by atoms with van der Waals surface area (Å²) in [6.07, 6.45) is 0. The normalized spacial score (nSPS) is 12.4. The van der Waals surface area contributed by atoms with Crippen LogP contribution in [0.25, 0.3) is 0 Å². The van der Waals surface area contributed by atoms with Crippen LogP contribution in [-0.2, 0) is 20.1 Å². The van der Waals surface area contributed by atoms with Gasteiger partial charge in [0.15, 0.2) is 5.78 Å². The van der Waals surface area contributed by atoms with Gasteiger partial charge in [0.25, 0.3) is 0 Å². The minimum absolute atomic E-state index is 0.221. The number of halogens is 1. The summed E-state index contributed by atoms with van der Waals surface area (Å²) in [4.78, 5) is 26.3. The minimum Gasteiger partial charge on any atom is -0.497 e. The lowest BCUT2D eigenvalue weighted by molar-refractivity contribution is -0.146. The van der Waals surface area contributed by atoms with Crippen molar-refractivity contribution in [3.8, 4) is 5.75 Å². The van der Waals surface area contributed by atoms with E-state index in [0.717, 1.165) is 28.0 Å². The van der Waals surface area contributed by atoms with E-state index in [0.29, 0.717) is 16.3 Å². The van der Waals surface area contributed by atoms with Crippen molar-refractivity contribution >= 4 is 35.1 Å². The van der Waals surface area contributed by atoms with E-state index in [1.807, 2.05) is 58.9 Å². The molecule has 0 aromatic heterocycles. The van der Waals surface area contributed by atoms with Gasteiger partial charge in [0, 0.05) is 10.8 Å². The molecule has 0 bridgehead atoms. The molecule has 2 rings (SSSR count). The third-order valence-corrected chi connectivity index (χ3v) is 7.21. The van der Waals surface area contributed by atoms with Crippen LogP contribution in [0, 0.1) is 20.8 Å². The summed E-state index contributed by atoms with van der Waals surface area (Å²) in [6, 6.07) is 9.52. The smallest absolute Gasteiger partial charge is 0.320 e. The topological polar surface area (TPSA) is 52.6 Å². The van der Waals surface area contributed by atoms with E-state index < -0.39 is 16.6 Å². The number of ether oxygens (including phenoxy) is 2. The predicted octanol–water partition coefficient (Wildman–Crippen LogP) is 5.81. The van der Waals surface area contributed by atoms with Crippen LogP contribution in [0.5, 0.6) is 5.75 Å². The first-order valence-electron chi connectivity index (χ1n) is 9.68. The number of benzene rings is 2. The van der Waals surface area contributed by atoms with Crippen LogP contribution in [0.4, 0.5) is 0 Å². The molecule has 0 aliphatic heterocycles. The van der Waals surface area contributed by atoms with Crippen LogP contribution in [-0.4, -0.2) is 30.7 Å². The number of rotatable bonds is 8. The van der Waals surface area contributed by atoms with E-state index in [1.54, 1.807) is 13.2 Å². The van der Waals surface area contributed by atoms with Gasteiger partial charge >= 0.3 is 5.97 Å². The average molecular weight is 449 g/mol. The Morgan fingerprint density at radius 3 is 2.20 bits per heavy atom. The molecule has 30 heavy (non-hydrogen) atoms. The summed E-state index contributed by atoms with van der Waals surface area (Å²) in [5.41, 5.74) is 4.48. The van der Waals surface area contributed by atoms with Crippen molar-refractivity contribution in [1.29, 1.82) is 0 Å². The fourth-order valence-corrected chi connectivity index (χ4v) is 4.68. The number of ketones is 1. The SMILES string of the molecule is COC(=O)C(C(=O)C(C)(C)SCc1ccc(OC)cc1)c1c(Cl)cc(C)c(C)c1C. The molecule has 4 nitrogen and oxygen atoms in total. The maximum Gasteiger partial charge on any atom is 0.320 e. The van der Waals surface area contributed by atoms with Crippen molar-refractivity contribution in [3.05, 3.63) is 63.2 Å². The van der Waals surface area contributed by atoms with Crippen molar-refractivity contribution in [1.82, 2.24) is 0 Å². The van der Waals surface area contributed by atoms with E-state index in [-0.39, 0.29) is 5.78 Å². The third-order valence-electron chi connectivity index (χ3n) is 5.50. The summed E-state index contributed by atoms with van der Waals surface area (Å²) in [5, 5.41) is 0.412. The van der Waals surface area contributed by atoms with Gasteiger partial charge in [-0.2, -0.15) is 0 Å². The standard InChI is InChI=1S/C24H29ClO4S/c1-14-12-19(25)20(16(3)15(14)2)21(23(27)29-7)22(26)24(4,5)30-13-17-8-10-18(28-6)11-9-17/h8-12,21H,13H2,1-7H3. The van der Waals surface area contributed by atoms with Gasteiger partial charge in [0.2, 0.25) is 0 Å². The number of esters is 1. The molecule has 0 N–H and O–H groups in total. The van der Waals surface area contributed by atoms with Gasteiger partial charge in [-0.05, 0) is 80.6 Å². The molecule has 2 aromatic rings. The summed E-state index contributed by atoms with van der Waals surface area (Å²) >= 11 is 8.00. The number of hydrogen-bond acceptors (Lipinski definition) is 5. The fraction of sp³-hybridized carbons (Fsp3) is 0.417. The van der Waals surface area contributed by atoms with Crippen LogP contribution in [0.3, 0.4) is 0 Å². The quantitative estimate of drug-likeness (QED) is 0.376. The first-order valence-corrected chi connectivity index (χ1v) is 11.0. The zero-order chi connectivity index (χ0) is 22.6. The van der Waals surface area contributed by atoms with Crippen LogP contribution >= 0.6 is 23.4 Å². The molecule has 0 aliphatic rings. The van der Waals surface area contributed by atoms with E-state index in [2.05, 4.69) is 0 Å².